The van der Waals surface area contributed by atoms with E-state index in [2.05, 4.69) is 9.78 Å². The van der Waals surface area contributed by atoms with Crippen LogP contribution in [-0.4, -0.2) is 22.5 Å². The molecule has 0 fully saturated rings. The van der Waals surface area contributed by atoms with Crippen LogP contribution in [0.4, 0.5) is 0 Å². The molecule has 0 aliphatic rings. The largest absolute Gasteiger partial charge is 0.344 e. The van der Waals surface area contributed by atoms with Crippen LogP contribution in [0.2, 0.25) is 0 Å². The van der Waals surface area contributed by atoms with Crippen molar-refractivity contribution in [2.45, 2.75) is 26.2 Å². The van der Waals surface area contributed by atoms with Crippen LogP contribution in [0.3, 0.4) is 0 Å². The van der Waals surface area contributed by atoms with E-state index in [1.807, 2.05) is 0 Å². The Morgan fingerprint density at radius 3 is 2.38 bits per heavy atom. The summed E-state index contributed by atoms with van der Waals surface area (Å²) in [5.41, 5.74) is 0. The van der Waals surface area contributed by atoms with Gasteiger partial charge in [0.05, 0.1) is 5.92 Å². The van der Waals surface area contributed by atoms with Gasteiger partial charge in [-0.3, -0.25) is 0 Å². The number of hydrogen-bond acceptors (Lipinski definition) is 6. The van der Waals surface area contributed by atoms with Gasteiger partial charge in [0.2, 0.25) is 0 Å². The Bertz CT molecular complexity index is 178. The van der Waals surface area contributed by atoms with Crippen LogP contribution in [0.25, 0.3) is 0 Å². The van der Waals surface area contributed by atoms with E-state index in [0.717, 1.165) is 0 Å². The summed E-state index contributed by atoms with van der Waals surface area (Å²) in [5.74, 6) is -1.96. The molecule has 0 aromatic carbocycles. The fraction of sp³-hybridized carbons (Fsp3) is 0.714. The van der Waals surface area contributed by atoms with E-state index in [4.69, 9.17) is 10.5 Å². The van der Waals surface area contributed by atoms with Gasteiger partial charge in [0, 0.05) is 6.42 Å². The van der Waals surface area contributed by atoms with Crippen molar-refractivity contribution in [1.82, 2.24) is 0 Å². The summed E-state index contributed by atoms with van der Waals surface area (Å²) >= 11 is 0. The van der Waals surface area contributed by atoms with Crippen molar-refractivity contribution in [3.63, 3.8) is 0 Å². The van der Waals surface area contributed by atoms with E-state index in [-0.39, 0.29) is 6.42 Å². The summed E-state index contributed by atoms with van der Waals surface area (Å²) in [6.07, 6.45) is 0.795. The van der Waals surface area contributed by atoms with E-state index < -0.39 is 17.9 Å². The first kappa shape index (κ1) is 11.9. The molecule has 2 N–H and O–H groups in total. The predicted octanol–water partition coefficient (Wildman–Crippen LogP) is 0.825. The van der Waals surface area contributed by atoms with Crippen molar-refractivity contribution in [2.75, 3.05) is 0 Å². The molecule has 1 atom stereocenters. The summed E-state index contributed by atoms with van der Waals surface area (Å²) in [7, 11) is 0. The summed E-state index contributed by atoms with van der Waals surface area (Å²) in [6.45, 7) is 1.56. The summed E-state index contributed by atoms with van der Waals surface area (Å²) in [6, 6.07) is 0. The van der Waals surface area contributed by atoms with Crippen LogP contribution < -0.4 is 0 Å². The van der Waals surface area contributed by atoms with Crippen molar-refractivity contribution < 1.29 is 29.9 Å². The Labute approximate surface area is 74.9 Å². The SMILES string of the molecule is CC(CCCC(=O)OO)C(=O)OO. The van der Waals surface area contributed by atoms with Gasteiger partial charge in [-0.05, 0) is 12.8 Å². The molecule has 1 unspecified atom stereocenters. The molecule has 0 aromatic heterocycles. The molecular weight excluding hydrogens is 180 g/mol. The summed E-state index contributed by atoms with van der Waals surface area (Å²) < 4.78 is 0. The molecular formula is C7H12O6. The minimum absolute atomic E-state index is 0.0273. The van der Waals surface area contributed by atoms with Crippen molar-refractivity contribution in [2.24, 2.45) is 5.92 Å². The van der Waals surface area contributed by atoms with Gasteiger partial charge in [0.25, 0.3) is 0 Å². The zero-order chi connectivity index (χ0) is 10.3. The van der Waals surface area contributed by atoms with Gasteiger partial charge in [-0.25, -0.2) is 9.59 Å². The van der Waals surface area contributed by atoms with E-state index in [9.17, 15) is 9.59 Å². The minimum Gasteiger partial charge on any atom is -0.301 e. The quantitative estimate of drug-likeness (QED) is 0.495. The Morgan fingerprint density at radius 2 is 1.92 bits per heavy atom. The molecule has 0 saturated heterocycles. The Hall–Kier alpha value is -1.14. The maximum Gasteiger partial charge on any atom is 0.344 e. The molecule has 0 rings (SSSR count). The Morgan fingerprint density at radius 1 is 1.31 bits per heavy atom. The standard InChI is InChI=1S/C7H12O6/c1-5(7(9)13-11)3-2-4-6(8)12-10/h5,10-11H,2-4H2,1H3. The fourth-order valence-electron chi connectivity index (χ4n) is 0.806. The minimum atomic E-state index is -0.746. The van der Waals surface area contributed by atoms with Gasteiger partial charge in [0.1, 0.15) is 0 Å². The number of carbonyl (C=O) groups excluding carboxylic acids is 2. The van der Waals surface area contributed by atoms with Crippen LogP contribution in [0.1, 0.15) is 26.2 Å². The molecule has 0 amide bonds. The highest BCUT2D eigenvalue weighted by molar-refractivity contribution is 5.71. The molecule has 0 aliphatic heterocycles. The first-order chi connectivity index (χ1) is 6.11. The van der Waals surface area contributed by atoms with Crippen LogP contribution >= 0.6 is 0 Å². The summed E-state index contributed by atoms with van der Waals surface area (Å²) in [5, 5.41) is 15.9. The lowest BCUT2D eigenvalue weighted by Crippen LogP contribution is -2.13. The topological polar surface area (TPSA) is 93.1 Å². The number of rotatable bonds is 5. The maximum atomic E-state index is 10.6. The zero-order valence-corrected chi connectivity index (χ0v) is 7.23. The van der Waals surface area contributed by atoms with Gasteiger partial charge < -0.3 is 9.78 Å². The molecule has 0 heterocycles. The second kappa shape index (κ2) is 6.38. The Kier molecular flexibility index (Phi) is 5.82. The van der Waals surface area contributed by atoms with E-state index in [0.29, 0.717) is 12.8 Å². The first-order valence-electron chi connectivity index (χ1n) is 3.81. The average molecular weight is 192 g/mol. The first-order valence-corrected chi connectivity index (χ1v) is 3.81. The Balaban J connectivity index is 3.53. The molecule has 76 valence electrons. The third kappa shape index (κ3) is 5.15. The monoisotopic (exact) mass is 192 g/mol. The molecule has 0 radical (unpaired) electrons. The van der Waals surface area contributed by atoms with Crippen LogP contribution in [0, 0.1) is 5.92 Å². The molecule has 0 bridgehead atoms. The highest BCUT2D eigenvalue weighted by Gasteiger charge is 2.14. The fourth-order valence-corrected chi connectivity index (χ4v) is 0.806. The lowest BCUT2D eigenvalue weighted by atomic mass is 10.0. The molecule has 6 heteroatoms. The predicted molar refractivity (Wildman–Crippen MR) is 40.5 cm³/mol. The van der Waals surface area contributed by atoms with Crippen molar-refractivity contribution in [3.8, 4) is 0 Å². The van der Waals surface area contributed by atoms with Gasteiger partial charge in [0.15, 0.2) is 0 Å². The molecule has 0 aromatic rings. The lowest BCUT2D eigenvalue weighted by molar-refractivity contribution is -0.239. The molecule has 6 nitrogen and oxygen atoms in total. The van der Waals surface area contributed by atoms with Gasteiger partial charge >= 0.3 is 11.9 Å². The summed E-state index contributed by atoms with van der Waals surface area (Å²) in [4.78, 5) is 27.9. The molecule has 0 aliphatic carbocycles. The van der Waals surface area contributed by atoms with Crippen LogP contribution in [0.5, 0.6) is 0 Å². The molecule has 0 saturated carbocycles. The van der Waals surface area contributed by atoms with Crippen LogP contribution in [0.15, 0.2) is 0 Å². The van der Waals surface area contributed by atoms with Crippen LogP contribution in [-0.2, 0) is 19.4 Å². The zero-order valence-electron chi connectivity index (χ0n) is 7.23. The lowest BCUT2D eigenvalue weighted by Gasteiger charge is -2.05. The second-order valence-electron chi connectivity index (χ2n) is 2.67. The van der Waals surface area contributed by atoms with Crippen molar-refractivity contribution >= 4 is 11.9 Å². The smallest absolute Gasteiger partial charge is 0.301 e. The highest BCUT2D eigenvalue weighted by atomic mass is 17.1. The number of carbonyl (C=O) groups is 2. The second-order valence-corrected chi connectivity index (χ2v) is 2.67. The third-order valence-corrected chi connectivity index (χ3v) is 1.61. The average Bonchev–Trinajstić information content (AvgIpc) is 2.15. The normalized spacial score (nSPS) is 11.9. The van der Waals surface area contributed by atoms with Gasteiger partial charge in [-0.1, -0.05) is 6.92 Å². The van der Waals surface area contributed by atoms with Crippen molar-refractivity contribution in [1.29, 1.82) is 0 Å². The number of hydrogen-bond donors (Lipinski definition) is 2. The van der Waals surface area contributed by atoms with Gasteiger partial charge in [-0.2, -0.15) is 10.5 Å². The third-order valence-electron chi connectivity index (χ3n) is 1.61. The molecule has 13 heavy (non-hydrogen) atoms. The maximum absolute atomic E-state index is 10.6. The highest BCUT2D eigenvalue weighted by Crippen LogP contribution is 2.09. The van der Waals surface area contributed by atoms with E-state index in [1.54, 1.807) is 6.92 Å². The molecule has 0 spiro atoms. The van der Waals surface area contributed by atoms with E-state index in [1.165, 1.54) is 0 Å². The van der Waals surface area contributed by atoms with Crippen molar-refractivity contribution in [3.05, 3.63) is 0 Å². The van der Waals surface area contributed by atoms with Gasteiger partial charge in [-0.15, -0.1) is 0 Å². The van der Waals surface area contributed by atoms with E-state index >= 15 is 0 Å².